The number of ketones is 2. The number of benzene rings is 1. The molecule has 2 rings (SSSR count). The van der Waals surface area contributed by atoms with Crippen molar-refractivity contribution in [3.63, 3.8) is 0 Å². The molecule has 0 saturated carbocycles. The Balaban J connectivity index is 2.63. The van der Waals surface area contributed by atoms with Crippen molar-refractivity contribution in [2.24, 2.45) is 5.92 Å². The van der Waals surface area contributed by atoms with E-state index in [4.69, 9.17) is 0 Å². The van der Waals surface area contributed by atoms with Crippen molar-refractivity contribution < 1.29 is 14.7 Å². The molecule has 1 aliphatic carbocycles. The van der Waals surface area contributed by atoms with Gasteiger partial charge in [0.25, 0.3) is 0 Å². The fourth-order valence-corrected chi connectivity index (χ4v) is 2.73. The fraction of sp³-hybridized carbons (Fsp3) is 0.294. The Kier molecular flexibility index (Phi) is 3.89. The first-order chi connectivity index (χ1) is 9.52. The summed E-state index contributed by atoms with van der Waals surface area (Å²) < 4.78 is 0. The van der Waals surface area contributed by atoms with Crippen LogP contribution in [0.4, 0.5) is 0 Å². The first-order valence-corrected chi connectivity index (χ1v) is 6.79. The lowest BCUT2D eigenvalue weighted by Crippen LogP contribution is -2.27. The second-order valence-electron chi connectivity index (χ2n) is 4.90. The van der Waals surface area contributed by atoms with Crippen LogP contribution in [0.3, 0.4) is 0 Å². The van der Waals surface area contributed by atoms with Crippen LogP contribution >= 0.6 is 0 Å². The number of hydrogen-bond acceptors (Lipinski definition) is 3. The van der Waals surface area contributed by atoms with Gasteiger partial charge in [-0.05, 0) is 13.3 Å². The number of rotatable bonds is 3. The Labute approximate surface area is 118 Å². The quantitative estimate of drug-likeness (QED) is 0.673. The third-order valence-electron chi connectivity index (χ3n) is 3.90. The highest BCUT2D eigenvalue weighted by Gasteiger charge is 2.35. The fourth-order valence-electron chi connectivity index (χ4n) is 2.73. The van der Waals surface area contributed by atoms with Gasteiger partial charge in [-0.25, -0.2) is 0 Å². The number of aliphatic hydroxyl groups excluding tert-OH is 1. The molecule has 1 atom stereocenters. The second kappa shape index (κ2) is 5.45. The lowest BCUT2D eigenvalue weighted by atomic mass is 9.79. The van der Waals surface area contributed by atoms with Gasteiger partial charge < -0.3 is 5.11 Å². The molecule has 1 aromatic rings. The Morgan fingerprint density at radius 1 is 1.20 bits per heavy atom. The number of hydrogen-bond donors (Lipinski definition) is 1. The molecule has 0 aromatic heterocycles. The van der Waals surface area contributed by atoms with Crippen LogP contribution in [-0.2, 0) is 4.79 Å². The number of aliphatic hydroxyl groups is 1. The molecule has 3 nitrogen and oxygen atoms in total. The Hall–Kier alpha value is -2.16. The Morgan fingerprint density at radius 2 is 1.80 bits per heavy atom. The SMILES string of the molecule is CC=C(CC)C(C)C1=C(O)c2ccccc2C(=O)C1=O. The van der Waals surface area contributed by atoms with E-state index < -0.39 is 11.6 Å². The summed E-state index contributed by atoms with van der Waals surface area (Å²) in [6, 6.07) is 6.68. The molecule has 0 spiro atoms. The van der Waals surface area contributed by atoms with Gasteiger partial charge in [0.05, 0.1) is 5.57 Å². The molecule has 3 heteroatoms. The van der Waals surface area contributed by atoms with E-state index >= 15 is 0 Å². The summed E-state index contributed by atoms with van der Waals surface area (Å²) in [5.41, 5.74) is 1.98. The van der Waals surface area contributed by atoms with E-state index in [1.165, 1.54) is 0 Å². The average molecular weight is 270 g/mol. The molecule has 1 aliphatic rings. The van der Waals surface area contributed by atoms with Crippen LogP contribution in [0.15, 0.2) is 41.5 Å². The number of fused-ring (bicyclic) bond motifs is 1. The molecule has 0 fully saturated rings. The van der Waals surface area contributed by atoms with Crippen LogP contribution in [-0.4, -0.2) is 16.7 Å². The summed E-state index contributed by atoms with van der Waals surface area (Å²) in [6.45, 7) is 5.74. The van der Waals surface area contributed by atoms with Gasteiger partial charge in [-0.15, -0.1) is 0 Å². The van der Waals surface area contributed by atoms with E-state index in [0.717, 1.165) is 12.0 Å². The number of carbonyl (C=O) groups is 2. The van der Waals surface area contributed by atoms with Crippen molar-refractivity contribution in [3.05, 3.63) is 52.6 Å². The van der Waals surface area contributed by atoms with E-state index in [9.17, 15) is 14.7 Å². The van der Waals surface area contributed by atoms with Gasteiger partial charge in [-0.1, -0.05) is 49.8 Å². The summed E-state index contributed by atoms with van der Waals surface area (Å²) in [4.78, 5) is 24.4. The lowest BCUT2D eigenvalue weighted by Gasteiger charge is -2.23. The van der Waals surface area contributed by atoms with E-state index in [1.807, 2.05) is 26.8 Å². The van der Waals surface area contributed by atoms with Gasteiger partial charge in [-0.2, -0.15) is 0 Å². The molecule has 0 bridgehead atoms. The monoisotopic (exact) mass is 270 g/mol. The molecular formula is C17H18O3. The summed E-state index contributed by atoms with van der Waals surface area (Å²) >= 11 is 0. The number of Topliss-reactive ketones (excluding diaryl/α,β-unsaturated/α-hetero) is 2. The molecule has 0 radical (unpaired) electrons. The topological polar surface area (TPSA) is 54.4 Å². The predicted molar refractivity (Wildman–Crippen MR) is 78.5 cm³/mol. The van der Waals surface area contributed by atoms with Gasteiger partial charge in [0.15, 0.2) is 0 Å². The molecule has 1 unspecified atom stereocenters. The lowest BCUT2D eigenvalue weighted by molar-refractivity contribution is -0.112. The zero-order valence-electron chi connectivity index (χ0n) is 11.9. The molecule has 0 heterocycles. The van der Waals surface area contributed by atoms with E-state index in [-0.39, 0.29) is 22.8 Å². The van der Waals surface area contributed by atoms with Crippen molar-refractivity contribution >= 4 is 17.3 Å². The molecular weight excluding hydrogens is 252 g/mol. The first kappa shape index (κ1) is 14.3. The zero-order chi connectivity index (χ0) is 14.9. The zero-order valence-corrected chi connectivity index (χ0v) is 11.9. The van der Waals surface area contributed by atoms with Crippen molar-refractivity contribution in [2.45, 2.75) is 27.2 Å². The highest BCUT2D eigenvalue weighted by molar-refractivity contribution is 6.52. The van der Waals surface area contributed by atoms with E-state index in [0.29, 0.717) is 5.56 Å². The molecule has 0 aliphatic heterocycles. The first-order valence-electron chi connectivity index (χ1n) is 6.79. The minimum absolute atomic E-state index is 0.0644. The Bertz CT molecular complexity index is 635. The third-order valence-corrected chi connectivity index (χ3v) is 3.90. The van der Waals surface area contributed by atoms with Crippen LogP contribution in [0.1, 0.15) is 43.1 Å². The van der Waals surface area contributed by atoms with Crippen LogP contribution in [0.2, 0.25) is 0 Å². The van der Waals surface area contributed by atoms with Crippen molar-refractivity contribution in [2.75, 3.05) is 0 Å². The van der Waals surface area contributed by atoms with Crippen LogP contribution < -0.4 is 0 Å². The molecule has 1 N–H and O–H groups in total. The van der Waals surface area contributed by atoms with Crippen LogP contribution in [0.5, 0.6) is 0 Å². The smallest absolute Gasteiger partial charge is 0.234 e. The molecule has 104 valence electrons. The molecule has 1 aromatic carbocycles. The highest BCUT2D eigenvalue weighted by Crippen LogP contribution is 2.34. The molecule has 0 saturated heterocycles. The third kappa shape index (κ3) is 2.09. The maximum Gasteiger partial charge on any atom is 0.234 e. The summed E-state index contributed by atoms with van der Waals surface area (Å²) in [6.07, 6.45) is 2.71. The van der Waals surface area contributed by atoms with E-state index in [1.54, 1.807) is 24.3 Å². The summed E-state index contributed by atoms with van der Waals surface area (Å²) in [5, 5.41) is 10.4. The number of carbonyl (C=O) groups excluding carboxylic acids is 2. The molecule has 20 heavy (non-hydrogen) atoms. The van der Waals surface area contributed by atoms with Crippen molar-refractivity contribution in [3.8, 4) is 0 Å². The van der Waals surface area contributed by atoms with Gasteiger partial charge >= 0.3 is 0 Å². The second-order valence-corrected chi connectivity index (χ2v) is 4.90. The van der Waals surface area contributed by atoms with Crippen LogP contribution in [0.25, 0.3) is 5.76 Å². The van der Waals surface area contributed by atoms with Gasteiger partial charge in [-0.3, -0.25) is 9.59 Å². The van der Waals surface area contributed by atoms with Gasteiger partial charge in [0.1, 0.15) is 5.76 Å². The maximum absolute atomic E-state index is 12.3. The predicted octanol–water partition coefficient (Wildman–Crippen LogP) is 3.71. The van der Waals surface area contributed by atoms with E-state index in [2.05, 4.69) is 0 Å². The molecule has 0 amide bonds. The van der Waals surface area contributed by atoms with Crippen LogP contribution in [0, 0.1) is 5.92 Å². The minimum Gasteiger partial charge on any atom is -0.507 e. The average Bonchev–Trinajstić information content (AvgIpc) is 2.46. The van der Waals surface area contributed by atoms with Gasteiger partial charge in [0, 0.05) is 17.0 Å². The van der Waals surface area contributed by atoms with Crippen molar-refractivity contribution in [1.29, 1.82) is 0 Å². The largest absolute Gasteiger partial charge is 0.507 e. The standard InChI is InChI=1S/C17H18O3/c1-4-11(5-2)10(3)14-15(18)12-8-6-7-9-13(12)16(19)17(14)20/h4,6-10,18H,5H2,1-3H3. The Morgan fingerprint density at radius 3 is 2.35 bits per heavy atom. The number of allylic oxidation sites excluding steroid dienone is 3. The summed E-state index contributed by atoms with van der Waals surface area (Å²) in [5.74, 6) is -1.45. The minimum atomic E-state index is -0.596. The van der Waals surface area contributed by atoms with Gasteiger partial charge in [0.2, 0.25) is 11.6 Å². The highest BCUT2D eigenvalue weighted by atomic mass is 16.3. The normalized spacial score (nSPS) is 17.2. The maximum atomic E-state index is 12.3. The van der Waals surface area contributed by atoms with Crippen molar-refractivity contribution in [1.82, 2.24) is 0 Å². The summed E-state index contributed by atoms with van der Waals surface area (Å²) in [7, 11) is 0.